The quantitative estimate of drug-likeness (QED) is 0.714. The SMILES string of the molecule is Cc1ccc(N=C2CC(=O)/C(=C/c3c[nH]c4ncccc34)O2)c(C)c1. The molecule has 3 aromatic rings. The summed E-state index contributed by atoms with van der Waals surface area (Å²) in [5.41, 5.74) is 4.72. The molecular formula is C20H17N3O2. The van der Waals surface area contributed by atoms with E-state index in [1.807, 2.05) is 44.3 Å². The van der Waals surface area contributed by atoms with Crippen LogP contribution in [0.5, 0.6) is 0 Å². The van der Waals surface area contributed by atoms with Crippen molar-refractivity contribution in [2.45, 2.75) is 20.3 Å². The molecule has 2 aromatic heterocycles. The summed E-state index contributed by atoms with van der Waals surface area (Å²) in [6, 6.07) is 9.82. The summed E-state index contributed by atoms with van der Waals surface area (Å²) < 4.78 is 5.71. The number of aryl methyl sites for hydroxylation is 2. The van der Waals surface area contributed by atoms with Crippen LogP contribution in [0.2, 0.25) is 0 Å². The number of hydrogen-bond donors (Lipinski definition) is 1. The highest BCUT2D eigenvalue weighted by atomic mass is 16.5. The monoisotopic (exact) mass is 331 g/mol. The van der Waals surface area contributed by atoms with Gasteiger partial charge in [0, 0.05) is 23.3 Å². The molecule has 1 saturated heterocycles. The van der Waals surface area contributed by atoms with Crippen LogP contribution in [0.4, 0.5) is 5.69 Å². The van der Waals surface area contributed by atoms with Crippen molar-refractivity contribution in [2.24, 2.45) is 4.99 Å². The van der Waals surface area contributed by atoms with Gasteiger partial charge in [0.05, 0.1) is 12.1 Å². The molecule has 0 atom stereocenters. The second kappa shape index (κ2) is 6.02. The van der Waals surface area contributed by atoms with Gasteiger partial charge in [-0.3, -0.25) is 4.79 Å². The molecular weight excluding hydrogens is 314 g/mol. The van der Waals surface area contributed by atoms with E-state index in [1.165, 1.54) is 5.56 Å². The second-order valence-electron chi connectivity index (χ2n) is 6.15. The number of fused-ring (bicyclic) bond motifs is 1. The first-order valence-corrected chi connectivity index (χ1v) is 8.10. The Kier molecular flexibility index (Phi) is 3.69. The van der Waals surface area contributed by atoms with E-state index in [0.29, 0.717) is 11.7 Å². The molecule has 5 heteroatoms. The number of pyridine rings is 1. The molecule has 1 aliphatic heterocycles. The van der Waals surface area contributed by atoms with E-state index in [1.54, 1.807) is 12.3 Å². The summed E-state index contributed by atoms with van der Waals surface area (Å²) in [6.45, 7) is 4.04. The molecule has 0 bridgehead atoms. The Morgan fingerprint density at radius 2 is 2.16 bits per heavy atom. The summed E-state index contributed by atoms with van der Waals surface area (Å²) in [5, 5.41) is 0.950. The Morgan fingerprint density at radius 1 is 1.28 bits per heavy atom. The molecule has 5 nitrogen and oxygen atoms in total. The van der Waals surface area contributed by atoms with Gasteiger partial charge in [-0.15, -0.1) is 0 Å². The predicted molar refractivity (Wildman–Crippen MR) is 97.8 cm³/mol. The number of aliphatic imine (C=N–C) groups is 1. The fraction of sp³-hybridized carbons (Fsp3) is 0.150. The first-order valence-electron chi connectivity index (χ1n) is 8.10. The molecule has 124 valence electrons. The number of ketones is 1. The molecule has 1 aliphatic rings. The lowest BCUT2D eigenvalue weighted by molar-refractivity contribution is -0.114. The van der Waals surface area contributed by atoms with Crippen molar-refractivity contribution >= 4 is 34.5 Å². The zero-order chi connectivity index (χ0) is 17.4. The van der Waals surface area contributed by atoms with E-state index in [0.717, 1.165) is 27.8 Å². The molecule has 25 heavy (non-hydrogen) atoms. The minimum absolute atomic E-state index is 0.0678. The van der Waals surface area contributed by atoms with E-state index in [2.05, 4.69) is 21.0 Å². The van der Waals surface area contributed by atoms with Crippen molar-refractivity contribution in [3.8, 4) is 0 Å². The molecule has 0 unspecified atom stereocenters. The van der Waals surface area contributed by atoms with Crippen LogP contribution in [0.25, 0.3) is 17.1 Å². The molecule has 3 heterocycles. The second-order valence-corrected chi connectivity index (χ2v) is 6.15. The van der Waals surface area contributed by atoms with Crippen molar-refractivity contribution in [3.63, 3.8) is 0 Å². The Morgan fingerprint density at radius 3 is 3.00 bits per heavy atom. The highest BCUT2D eigenvalue weighted by Crippen LogP contribution is 2.26. The summed E-state index contributed by atoms with van der Waals surface area (Å²) in [4.78, 5) is 24.1. The van der Waals surface area contributed by atoms with Gasteiger partial charge in [-0.1, -0.05) is 17.7 Å². The van der Waals surface area contributed by atoms with Gasteiger partial charge in [0.2, 0.25) is 11.7 Å². The van der Waals surface area contributed by atoms with E-state index >= 15 is 0 Å². The van der Waals surface area contributed by atoms with E-state index in [-0.39, 0.29) is 12.2 Å². The van der Waals surface area contributed by atoms with Crippen LogP contribution in [0.15, 0.2) is 53.5 Å². The van der Waals surface area contributed by atoms with Crippen molar-refractivity contribution < 1.29 is 9.53 Å². The Hall–Kier alpha value is -3.21. The molecule has 0 amide bonds. The standard InChI is InChI=1S/C20H17N3O2/c1-12-5-6-16(13(2)8-12)23-19-10-17(24)18(25-19)9-14-11-22-20-15(14)4-3-7-21-20/h3-9,11H,10H2,1-2H3,(H,21,22)/b18-9-,23-19?. The number of nitrogens with zero attached hydrogens (tertiary/aromatic N) is 2. The van der Waals surface area contributed by atoms with Gasteiger partial charge in [-0.25, -0.2) is 9.98 Å². The minimum atomic E-state index is -0.0678. The summed E-state index contributed by atoms with van der Waals surface area (Å²) in [7, 11) is 0. The third-order valence-electron chi connectivity index (χ3n) is 4.18. The number of ether oxygens (including phenoxy) is 1. The average molecular weight is 331 g/mol. The van der Waals surface area contributed by atoms with Crippen molar-refractivity contribution in [3.05, 3.63) is 65.2 Å². The number of nitrogens with one attached hydrogen (secondary N) is 1. The summed E-state index contributed by atoms with van der Waals surface area (Å²) in [5.74, 6) is 0.677. The van der Waals surface area contributed by atoms with Crippen LogP contribution < -0.4 is 0 Å². The maximum atomic E-state index is 12.3. The number of allylic oxidation sites excluding steroid dienone is 1. The number of rotatable bonds is 2. The molecule has 0 saturated carbocycles. The summed E-state index contributed by atoms with van der Waals surface area (Å²) in [6.07, 6.45) is 5.47. The van der Waals surface area contributed by atoms with E-state index in [4.69, 9.17) is 4.74 Å². The molecule has 0 radical (unpaired) electrons. The normalized spacial score (nSPS) is 17.6. The Bertz CT molecular complexity index is 1040. The van der Waals surface area contributed by atoms with Gasteiger partial charge < -0.3 is 9.72 Å². The third-order valence-corrected chi connectivity index (χ3v) is 4.18. The highest BCUT2D eigenvalue weighted by Gasteiger charge is 2.26. The Balaban J connectivity index is 1.65. The van der Waals surface area contributed by atoms with Crippen LogP contribution >= 0.6 is 0 Å². The van der Waals surface area contributed by atoms with E-state index < -0.39 is 0 Å². The van der Waals surface area contributed by atoms with Gasteiger partial charge in [0.1, 0.15) is 5.65 Å². The zero-order valence-electron chi connectivity index (χ0n) is 14.0. The number of Topliss-reactive ketones (excluding diaryl/α,β-unsaturated/α-hetero) is 1. The summed E-state index contributed by atoms with van der Waals surface area (Å²) >= 11 is 0. The topological polar surface area (TPSA) is 67.3 Å². The average Bonchev–Trinajstić information content (AvgIpc) is 3.15. The number of H-pyrrole nitrogens is 1. The van der Waals surface area contributed by atoms with Crippen molar-refractivity contribution in [1.82, 2.24) is 9.97 Å². The number of aromatic amines is 1. The molecule has 0 aliphatic carbocycles. The van der Waals surface area contributed by atoms with Crippen LogP contribution in [-0.4, -0.2) is 21.6 Å². The highest BCUT2D eigenvalue weighted by molar-refractivity contribution is 6.15. The zero-order valence-corrected chi connectivity index (χ0v) is 14.0. The van der Waals surface area contributed by atoms with Gasteiger partial charge in [-0.05, 0) is 43.7 Å². The smallest absolute Gasteiger partial charge is 0.207 e. The number of hydrogen-bond acceptors (Lipinski definition) is 4. The number of carbonyl (C=O) groups excluding carboxylic acids is 1. The molecule has 1 aromatic carbocycles. The molecule has 4 rings (SSSR count). The van der Waals surface area contributed by atoms with Crippen molar-refractivity contribution in [1.29, 1.82) is 0 Å². The molecule has 1 fully saturated rings. The first-order chi connectivity index (χ1) is 12.1. The molecule has 1 N–H and O–H groups in total. The van der Waals surface area contributed by atoms with Gasteiger partial charge in [-0.2, -0.15) is 0 Å². The third kappa shape index (κ3) is 2.96. The lowest BCUT2D eigenvalue weighted by Gasteiger charge is -2.03. The maximum absolute atomic E-state index is 12.3. The van der Waals surface area contributed by atoms with Crippen LogP contribution in [0.1, 0.15) is 23.1 Å². The fourth-order valence-corrected chi connectivity index (χ4v) is 2.92. The maximum Gasteiger partial charge on any atom is 0.207 e. The molecule has 0 spiro atoms. The van der Waals surface area contributed by atoms with Crippen molar-refractivity contribution in [2.75, 3.05) is 0 Å². The lowest BCUT2D eigenvalue weighted by Crippen LogP contribution is -1.93. The minimum Gasteiger partial charge on any atom is -0.439 e. The van der Waals surface area contributed by atoms with Crippen LogP contribution in [0, 0.1) is 13.8 Å². The van der Waals surface area contributed by atoms with Gasteiger partial charge in [0.15, 0.2) is 5.76 Å². The lowest BCUT2D eigenvalue weighted by atomic mass is 10.1. The largest absolute Gasteiger partial charge is 0.439 e. The fourth-order valence-electron chi connectivity index (χ4n) is 2.92. The van der Waals surface area contributed by atoms with Gasteiger partial charge >= 0.3 is 0 Å². The van der Waals surface area contributed by atoms with Crippen LogP contribution in [0.3, 0.4) is 0 Å². The number of aromatic nitrogens is 2. The Labute approximate surface area is 145 Å². The van der Waals surface area contributed by atoms with Gasteiger partial charge in [0.25, 0.3) is 0 Å². The number of benzene rings is 1. The number of carbonyl (C=O) groups is 1. The predicted octanol–water partition coefficient (Wildman–Crippen LogP) is 4.24. The van der Waals surface area contributed by atoms with Crippen LogP contribution in [-0.2, 0) is 9.53 Å². The first kappa shape index (κ1) is 15.3. The van der Waals surface area contributed by atoms with E-state index in [9.17, 15) is 4.79 Å².